The summed E-state index contributed by atoms with van der Waals surface area (Å²) in [4.78, 5) is 1.46. The molecular formula is C14H23NS. The van der Waals surface area contributed by atoms with Crippen molar-refractivity contribution in [1.29, 1.82) is 0 Å². The first-order chi connectivity index (χ1) is 7.66. The molecule has 1 aliphatic rings. The maximum atomic E-state index is 3.81. The van der Waals surface area contributed by atoms with Gasteiger partial charge < -0.3 is 5.32 Å². The molecule has 1 saturated carbocycles. The van der Waals surface area contributed by atoms with Crippen molar-refractivity contribution in [3.63, 3.8) is 0 Å². The van der Waals surface area contributed by atoms with E-state index in [4.69, 9.17) is 0 Å². The van der Waals surface area contributed by atoms with Gasteiger partial charge in [-0.25, -0.2) is 0 Å². The topological polar surface area (TPSA) is 12.0 Å². The van der Waals surface area contributed by atoms with Crippen molar-refractivity contribution in [2.45, 2.75) is 52.1 Å². The van der Waals surface area contributed by atoms with Crippen LogP contribution in [0.2, 0.25) is 0 Å². The van der Waals surface area contributed by atoms with E-state index in [2.05, 4.69) is 43.6 Å². The summed E-state index contributed by atoms with van der Waals surface area (Å²) in [6, 6.07) is 5.60. The van der Waals surface area contributed by atoms with E-state index >= 15 is 0 Å². The number of hydrogen-bond acceptors (Lipinski definition) is 2. The fourth-order valence-corrected chi connectivity index (χ4v) is 3.45. The van der Waals surface area contributed by atoms with Crippen LogP contribution in [0.5, 0.6) is 0 Å². The lowest BCUT2D eigenvalue weighted by Crippen LogP contribution is -2.40. The van der Waals surface area contributed by atoms with Gasteiger partial charge in [0.2, 0.25) is 0 Å². The molecule has 2 rings (SSSR count). The van der Waals surface area contributed by atoms with Crippen LogP contribution in [0.3, 0.4) is 0 Å². The molecule has 1 aromatic rings. The van der Waals surface area contributed by atoms with E-state index in [1.54, 1.807) is 0 Å². The van der Waals surface area contributed by atoms with Gasteiger partial charge in [-0.05, 0) is 43.0 Å². The zero-order valence-electron chi connectivity index (χ0n) is 10.6. The van der Waals surface area contributed by atoms with Gasteiger partial charge >= 0.3 is 0 Å². The maximum absolute atomic E-state index is 3.81. The van der Waals surface area contributed by atoms with Crippen molar-refractivity contribution in [2.75, 3.05) is 0 Å². The molecule has 1 heterocycles. The molecule has 0 aromatic carbocycles. The number of thiophene rings is 1. The van der Waals surface area contributed by atoms with Crippen LogP contribution in [0.1, 0.15) is 51.0 Å². The summed E-state index contributed by atoms with van der Waals surface area (Å²) < 4.78 is 0. The monoisotopic (exact) mass is 237 g/mol. The number of hydrogen-bond donors (Lipinski definition) is 1. The molecule has 1 N–H and O–H groups in total. The average molecular weight is 237 g/mol. The zero-order valence-corrected chi connectivity index (χ0v) is 11.4. The predicted octanol–water partition coefficient (Wildman–Crippen LogP) is 4.22. The van der Waals surface area contributed by atoms with Gasteiger partial charge in [-0.1, -0.05) is 26.3 Å². The molecule has 1 aromatic heterocycles. The SMILES string of the molecule is CC1CCC(C)C(N[C@@H](C)c2cccs2)C1. The lowest BCUT2D eigenvalue weighted by atomic mass is 9.80. The molecule has 0 spiro atoms. The second-order valence-electron chi connectivity index (χ2n) is 5.41. The third-order valence-electron chi connectivity index (χ3n) is 3.89. The minimum absolute atomic E-state index is 0.512. The Morgan fingerprint density at radius 3 is 2.88 bits per heavy atom. The van der Waals surface area contributed by atoms with Crippen molar-refractivity contribution < 1.29 is 0 Å². The van der Waals surface area contributed by atoms with Gasteiger partial charge in [-0.3, -0.25) is 0 Å². The lowest BCUT2D eigenvalue weighted by molar-refractivity contribution is 0.217. The molecule has 1 aliphatic carbocycles. The first-order valence-corrected chi connectivity index (χ1v) is 7.34. The molecule has 4 atom stereocenters. The third-order valence-corrected chi connectivity index (χ3v) is 4.95. The van der Waals surface area contributed by atoms with Gasteiger partial charge in [0.15, 0.2) is 0 Å². The van der Waals surface area contributed by atoms with E-state index in [-0.39, 0.29) is 0 Å². The molecule has 0 amide bonds. The highest BCUT2D eigenvalue weighted by molar-refractivity contribution is 7.10. The predicted molar refractivity (Wildman–Crippen MR) is 71.8 cm³/mol. The molecule has 1 fully saturated rings. The summed E-state index contributed by atoms with van der Waals surface area (Å²) in [6.45, 7) is 7.07. The first kappa shape index (κ1) is 12.1. The van der Waals surface area contributed by atoms with Crippen LogP contribution in [0, 0.1) is 11.8 Å². The van der Waals surface area contributed by atoms with E-state index in [0.717, 1.165) is 11.8 Å². The van der Waals surface area contributed by atoms with Crippen LogP contribution in [0.25, 0.3) is 0 Å². The maximum Gasteiger partial charge on any atom is 0.0388 e. The quantitative estimate of drug-likeness (QED) is 0.830. The summed E-state index contributed by atoms with van der Waals surface area (Å²) in [5.74, 6) is 1.72. The van der Waals surface area contributed by atoms with E-state index in [1.807, 2.05) is 11.3 Å². The Balaban J connectivity index is 1.93. The van der Waals surface area contributed by atoms with E-state index in [0.29, 0.717) is 12.1 Å². The van der Waals surface area contributed by atoms with Gasteiger partial charge in [-0.2, -0.15) is 0 Å². The fourth-order valence-electron chi connectivity index (χ4n) is 2.71. The van der Waals surface area contributed by atoms with Gasteiger partial charge in [0.1, 0.15) is 0 Å². The summed E-state index contributed by atoms with van der Waals surface area (Å²) in [5, 5.41) is 5.98. The molecule has 16 heavy (non-hydrogen) atoms. The standard InChI is InChI=1S/C14H23NS/c1-10-6-7-11(2)13(9-10)15-12(3)14-5-4-8-16-14/h4-5,8,10-13,15H,6-7,9H2,1-3H3/t10?,11?,12-,13?/m0/s1. The van der Waals surface area contributed by atoms with Crippen LogP contribution in [-0.4, -0.2) is 6.04 Å². The van der Waals surface area contributed by atoms with Crippen molar-refractivity contribution in [3.05, 3.63) is 22.4 Å². The second-order valence-corrected chi connectivity index (χ2v) is 6.39. The average Bonchev–Trinajstić information content (AvgIpc) is 2.76. The molecule has 3 unspecified atom stereocenters. The first-order valence-electron chi connectivity index (χ1n) is 6.46. The molecule has 0 aliphatic heterocycles. The van der Waals surface area contributed by atoms with Crippen LogP contribution in [0.15, 0.2) is 17.5 Å². The van der Waals surface area contributed by atoms with Crippen LogP contribution in [-0.2, 0) is 0 Å². The summed E-state index contributed by atoms with van der Waals surface area (Å²) in [7, 11) is 0. The molecule has 0 saturated heterocycles. The normalized spacial score (nSPS) is 32.6. The smallest absolute Gasteiger partial charge is 0.0388 e. The van der Waals surface area contributed by atoms with Crippen molar-refractivity contribution in [1.82, 2.24) is 5.32 Å². The van der Waals surface area contributed by atoms with Crippen LogP contribution >= 0.6 is 11.3 Å². The Morgan fingerprint density at radius 2 is 2.19 bits per heavy atom. The number of rotatable bonds is 3. The highest BCUT2D eigenvalue weighted by Gasteiger charge is 2.26. The third kappa shape index (κ3) is 2.86. The fraction of sp³-hybridized carbons (Fsp3) is 0.714. The molecule has 90 valence electrons. The van der Waals surface area contributed by atoms with Crippen molar-refractivity contribution >= 4 is 11.3 Å². The molecular weight excluding hydrogens is 214 g/mol. The van der Waals surface area contributed by atoms with Gasteiger partial charge in [0.05, 0.1) is 0 Å². The zero-order chi connectivity index (χ0) is 11.5. The molecule has 0 bridgehead atoms. The summed E-state index contributed by atoms with van der Waals surface area (Å²) in [6.07, 6.45) is 4.14. The van der Waals surface area contributed by atoms with Gasteiger partial charge in [-0.15, -0.1) is 11.3 Å². The highest BCUT2D eigenvalue weighted by atomic mass is 32.1. The minimum atomic E-state index is 0.512. The summed E-state index contributed by atoms with van der Waals surface area (Å²) in [5.41, 5.74) is 0. The Labute approximate surface area is 103 Å². The molecule has 1 nitrogen and oxygen atoms in total. The van der Waals surface area contributed by atoms with Gasteiger partial charge in [0, 0.05) is 17.0 Å². The molecule has 0 radical (unpaired) electrons. The van der Waals surface area contributed by atoms with E-state index in [9.17, 15) is 0 Å². The largest absolute Gasteiger partial charge is 0.306 e. The Hall–Kier alpha value is -0.340. The van der Waals surface area contributed by atoms with E-state index < -0.39 is 0 Å². The highest BCUT2D eigenvalue weighted by Crippen LogP contribution is 2.30. The Morgan fingerprint density at radius 1 is 1.38 bits per heavy atom. The lowest BCUT2D eigenvalue weighted by Gasteiger charge is -2.35. The second kappa shape index (κ2) is 5.33. The van der Waals surface area contributed by atoms with Gasteiger partial charge in [0.25, 0.3) is 0 Å². The van der Waals surface area contributed by atoms with E-state index in [1.165, 1.54) is 24.1 Å². The molecule has 2 heteroatoms. The summed E-state index contributed by atoms with van der Waals surface area (Å²) >= 11 is 1.86. The number of nitrogens with one attached hydrogen (secondary N) is 1. The Kier molecular flexibility index (Phi) is 4.04. The van der Waals surface area contributed by atoms with Crippen molar-refractivity contribution in [3.8, 4) is 0 Å². The van der Waals surface area contributed by atoms with Crippen LogP contribution in [0.4, 0.5) is 0 Å². The Bertz CT molecular complexity index is 307. The van der Waals surface area contributed by atoms with Crippen molar-refractivity contribution in [2.24, 2.45) is 11.8 Å². The minimum Gasteiger partial charge on any atom is -0.306 e. The van der Waals surface area contributed by atoms with Crippen LogP contribution < -0.4 is 5.32 Å².